The van der Waals surface area contributed by atoms with Crippen LogP contribution in [0.4, 0.5) is 17.3 Å². The Morgan fingerprint density at radius 2 is 1.56 bits per heavy atom. The molecule has 1 fully saturated rings. The zero-order chi connectivity index (χ0) is 17.5. The number of anilines is 3. The van der Waals surface area contributed by atoms with Crippen LogP contribution in [0.15, 0.2) is 65.2 Å². The maximum atomic E-state index is 5.61. The van der Waals surface area contributed by atoms with E-state index < -0.39 is 0 Å². The number of nitrogens with zero attached hydrogens (tertiary/aromatic N) is 2. The van der Waals surface area contributed by atoms with Crippen LogP contribution in [-0.4, -0.2) is 31.5 Å². The molecule has 1 saturated heterocycles. The lowest BCUT2D eigenvalue weighted by Gasteiger charge is -2.28. The molecule has 2 aromatic carbocycles. The summed E-state index contributed by atoms with van der Waals surface area (Å²) in [6.07, 6.45) is 0. The molecule has 0 radical (unpaired) electrons. The van der Waals surface area contributed by atoms with Crippen LogP contribution in [0, 0.1) is 0 Å². The highest BCUT2D eigenvalue weighted by molar-refractivity contribution is 5.60. The third-order valence-corrected chi connectivity index (χ3v) is 3.87. The Morgan fingerprint density at radius 3 is 2.16 bits per heavy atom. The second-order valence-corrected chi connectivity index (χ2v) is 5.67. The maximum absolute atomic E-state index is 5.61. The highest BCUT2D eigenvalue weighted by atomic mass is 16.5. The molecule has 130 valence electrons. The molecule has 1 aliphatic heterocycles. The Hall–Kier alpha value is -2.99. The van der Waals surface area contributed by atoms with E-state index in [0.717, 1.165) is 43.2 Å². The van der Waals surface area contributed by atoms with Crippen LogP contribution in [0.25, 0.3) is 11.3 Å². The normalized spacial score (nSPS) is 13.8. The molecule has 4 N–H and O–H groups in total. The summed E-state index contributed by atoms with van der Waals surface area (Å²) in [5, 5.41) is 3.79. The highest BCUT2D eigenvalue weighted by Crippen LogP contribution is 2.19. The third-order valence-electron chi connectivity index (χ3n) is 3.87. The minimum absolute atomic E-state index is 0.342. The molecule has 4 rings (SSSR count). The largest absolute Gasteiger partial charge is 0.399 e. The number of aromatic nitrogens is 1. The number of nitrogen functional groups attached to an aromatic ring is 2. The zero-order valence-electron chi connectivity index (χ0n) is 14.0. The minimum atomic E-state index is 0.342. The van der Waals surface area contributed by atoms with Crippen LogP contribution < -0.4 is 16.4 Å². The van der Waals surface area contributed by atoms with Crippen molar-refractivity contribution in [3.05, 3.63) is 60.7 Å². The monoisotopic (exact) mass is 338 g/mol. The van der Waals surface area contributed by atoms with Crippen molar-refractivity contribution >= 4 is 17.3 Å². The Morgan fingerprint density at radius 1 is 0.880 bits per heavy atom. The lowest BCUT2D eigenvalue weighted by Crippen LogP contribution is -2.36. The molecule has 0 atom stereocenters. The summed E-state index contributed by atoms with van der Waals surface area (Å²) in [6.45, 7) is 3.60. The summed E-state index contributed by atoms with van der Waals surface area (Å²) >= 11 is 0. The Bertz CT molecular complexity index is 766. The summed E-state index contributed by atoms with van der Waals surface area (Å²) in [7, 11) is 0. The van der Waals surface area contributed by atoms with Gasteiger partial charge in [-0.05, 0) is 24.3 Å². The zero-order valence-corrected chi connectivity index (χ0v) is 14.0. The van der Waals surface area contributed by atoms with Crippen molar-refractivity contribution < 1.29 is 9.26 Å². The van der Waals surface area contributed by atoms with Gasteiger partial charge in [-0.2, -0.15) is 0 Å². The molecule has 0 bridgehead atoms. The molecule has 0 spiro atoms. The maximum Gasteiger partial charge on any atom is 0.222 e. The Kier molecular flexibility index (Phi) is 5.53. The van der Waals surface area contributed by atoms with E-state index in [0.29, 0.717) is 5.88 Å². The Balaban J connectivity index is 0.000000146. The van der Waals surface area contributed by atoms with Gasteiger partial charge in [0.1, 0.15) is 5.69 Å². The van der Waals surface area contributed by atoms with E-state index in [1.807, 2.05) is 42.5 Å². The van der Waals surface area contributed by atoms with Gasteiger partial charge in [-0.25, -0.2) is 0 Å². The number of benzene rings is 2. The fraction of sp³-hybridized carbons (Fsp3) is 0.211. The molecule has 3 aromatic rings. The van der Waals surface area contributed by atoms with Gasteiger partial charge in [0.25, 0.3) is 0 Å². The molecular weight excluding hydrogens is 316 g/mol. The van der Waals surface area contributed by atoms with E-state index in [2.05, 4.69) is 22.2 Å². The van der Waals surface area contributed by atoms with Gasteiger partial charge in [0.2, 0.25) is 5.88 Å². The van der Waals surface area contributed by atoms with Gasteiger partial charge in [-0.1, -0.05) is 35.5 Å². The van der Waals surface area contributed by atoms with Crippen molar-refractivity contribution in [2.24, 2.45) is 0 Å². The van der Waals surface area contributed by atoms with Crippen molar-refractivity contribution in [3.8, 4) is 11.3 Å². The summed E-state index contributed by atoms with van der Waals surface area (Å²) in [5.74, 6) is 0.342. The summed E-state index contributed by atoms with van der Waals surface area (Å²) in [6, 6.07) is 19.4. The van der Waals surface area contributed by atoms with Gasteiger partial charge in [0.05, 0.1) is 13.2 Å². The first kappa shape index (κ1) is 16.9. The third kappa shape index (κ3) is 4.74. The number of hydrogen-bond acceptors (Lipinski definition) is 6. The highest BCUT2D eigenvalue weighted by Gasteiger charge is 2.10. The fourth-order valence-corrected chi connectivity index (χ4v) is 2.54. The number of morpholine rings is 1. The SMILES string of the molecule is Nc1cc(-c2ccccc2)no1.Nc1ccc(N2CCOCC2)cc1. The molecule has 1 aromatic heterocycles. The quantitative estimate of drug-likeness (QED) is 0.698. The molecule has 0 aliphatic carbocycles. The topological polar surface area (TPSA) is 90.5 Å². The van der Waals surface area contributed by atoms with Crippen molar-refractivity contribution in [1.29, 1.82) is 0 Å². The fourth-order valence-electron chi connectivity index (χ4n) is 2.54. The van der Waals surface area contributed by atoms with Crippen LogP contribution in [0.1, 0.15) is 0 Å². The van der Waals surface area contributed by atoms with Crippen molar-refractivity contribution in [1.82, 2.24) is 5.16 Å². The molecule has 6 nitrogen and oxygen atoms in total. The van der Waals surface area contributed by atoms with Gasteiger partial charge in [-0.15, -0.1) is 0 Å². The average molecular weight is 338 g/mol. The number of nitrogens with two attached hydrogens (primary N) is 2. The van der Waals surface area contributed by atoms with Crippen LogP contribution >= 0.6 is 0 Å². The van der Waals surface area contributed by atoms with Gasteiger partial charge in [-0.3, -0.25) is 0 Å². The Labute approximate surface area is 147 Å². The van der Waals surface area contributed by atoms with Crippen LogP contribution in [-0.2, 0) is 4.74 Å². The molecule has 6 heteroatoms. The molecule has 1 aliphatic rings. The predicted molar refractivity (Wildman–Crippen MR) is 100 cm³/mol. The van der Waals surface area contributed by atoms with E-state index in [-0.39, 0.29) is 0 Å². The lowest BCUT2D eigenvalue weighted by atomic mass is 10.2. The van der Waals surface area contributed by atoms with Crippen LogP contribution in [0.5, 0.6) is 0 Å². The number of ether oxygens (including phenoxy) is 1. The summed E-state index contributed by atoms with van der Waals surface area (Å²) < 4.78 is 10.0. The summed E-state index contributed by atoms with van der Waals surface area (Å²) in [5.41, 5.74) is 14.8. The van der Waals surface area contributed by atoms with Crippen LogP contribution in [0.2, 0.25) is 0 Å². The summed E-state index contributed by atoms with van der Waals surface area (Å²) in [4.78, 5) is 2.31. The molecule has 2 heterocycles. The van der Waals surface area contributed by atoms with E-state index in [9.17, 15) is 0 Å². The first-order chi connectivity index (χ1) is 12.2. The van der Waals surface area contributed by atoms with E-state index in [1.54, 1.807) is 6.07 Å². The molecule has 0 saturated carbocycles. The smallest absolute Gasteiger partial charge is 0.222 e. The van der Waals surface area contributed by atoms with Gasteiger partial charge >= 0.3 is 0 Å². The molecule has 0 unspecified atom stereocenters. The van der Waals surface area contributed by atoms with Gasteiger partial charge in [0, 0.05) is 36.1 Å². The average Bonchev–Trinajstić information content (AvgIpc) is 3.11. The standard InChI is InChI=1S/C10H14N2O.C9H8N2O/c11-9-1-3-10(4-2-9)12-5-7-13-8-6-12;10-9-6-8(11-12-9)7-4-2-1-3-5-7/h1-4H,5-8,11H2;1-6H,10H2. The lowest BCUT2D eigenvalue weighted by molar-refractivity contribution is 0.122. The number of hydrogen-bond donors (Lipinski definition) is 2. The first-order valence-corrected chi connectivity index (χ1v) is 8.18. The van der Waals surface area contributed by atoms with Gasteiger partial charge < -0.3 is 25.6 Å². The molecular formula is C19H22N4O2. The van der Waals surface area contributed by atoms with E-state index in [4.69, 9.17) is 20.7 Å². The second-order valence-electron chi connectivity index (χ2n) is 5.67. The van der Waals surface area contributed by atoms with Crippen molar-refractivity contribution in [3.63, 3.8) is 0 Å². The molecule has 0 amide bonds. The van der Waals surface area contributed by atoms with E-state index in [1.165, 1.54) is 5.69 Å². The van der Waals surface area contributed by atoms with Crippen molar-refractivity contribution in [2.45, 2.75) is 0 Å². The second kappa shape index (κ2) is 8.21. The minimum Gasteiger partial charge on any atom is -0.399 e. The predicted octanol–water partition coefficient (Wildman–Crippen LogP) is 3.03. The number of rotatable bonds is 2. The van der Waals surface area contributed by atoms with E-state index >= 15 is 0 Å². The van der Waals surface area contributed by atoms with Gasteiger partial charge in [0.15, 0.2) is 0 Å². The van der Waals surface area contributed by atoms with Crippen LogP contribution in [0.3, 0.4) is 0 Å². The first-order valence-electron chi connectivity index (χ1n) is 8.18. The van der Waals surface area contributed by atoms with Crippen molar-refractivity contribution in [2.75, 3.05) is 42.7 Å². The molecule has 25 heavy (non-hydrogen) atoms.